The van der Waals surface area contributed by atoms with Gasteiger partial charge in [-0.2, -0.15) is 0 Å². The zero-order valence-corrected chi connectivity index (χ0v) is 11.7. The van der Waals surface area contributed by atoms with Gasteiger partial charge in [-0.25, -0.2) is 5.01 Å². The number of hydrogen-bond donors (Lipinski definition) is 1. The minimum Gasteiger partial charge on any atom is -0.289 e. The van der Waals surface area contributed by atoms with E-state index in [1.54, 1.807) is 16.8 Å². The van der Waals surface area contributed by atoms with Crippen molar-refractivity contribution in [3.05, 3.63) is 29.8 Å². The van der Waals surface area contributed by atoms with Gasteiger partial charge in [0.15, 0.2) is 0 Å². The molecule has 0 spiro atoms. The molecule has 0 bridgehead atoms. The highest BCUT2D eigenvalue weighted by Crippen LogP contribution is 2.21. The van der Waals surface area contributed by atoms with Crippen molar-refractivity contribution in [3.63, 3.8) is 0 Å². The lowest BCUT2D eigenvalue weighted by atomic mass is 10.0. The van der Waals surface area contributed by atoms with Crippen molar-refractivity contribution in [2.75, 3.05) is 19.8 Å². The van der Waals surface area contributed by atoms with Crippen molar-refractivity contribution in [2.45, 2.75) is 24.7 Å². The van der Waals surface area contributed by atoms with Crippen LogP contribution >= 0.6 is 11.8 Å². The Balaban J connectivity index is 2.68. The van der Waals surface area contributed by atoms with E-state index < -0.39 is 0 Å². The first-order chi connectivity index (χ1) is 8.04. The molecule has 17 heavy (non-hydrogen) atoms. The smallest absolute Gasteiger partial charge is 0.241 e. The summed E-state index contributed by atoms with van der Waals surface area (Å²) in [5, 5.41) is 1.67. The number of thioether (sulfide) groups is 1. The molecule has 4 heteroatoms. The van der Waals surface area contributed by atoms with E-state index in [0.29, 0.717) is 0 Å². The summed E-state index contributed by atoms with van der Waals surface area (Å²) in [6.07, 6.45) is 0. The van der Waals surface area contributed by atoms with E-state index in [4.69, 9.17) is 0 Å². The summed E-state index contributed by atoms with van der Waals surface area (Å²) in [4.78, 5) is 13.1. The second-order valence-corrected chi connectivity index (χ2v) is 5.43. The third kappa shape index (κ3) is 4.40. The van der Waals surface area contributed by atoms with Gasteiger partial charge in [0, 0.05) is 19.0 Å². The van der Waals surface area contributed by atoms with Crippen LogP contribution in [0.3, 0.4) is 0 Å². The molecule has 1 aromatic rings. The molecule has 0 aliphatic rings. The lowest BCUT2D eigenvalue weighted by Crippen LogP contribution is -2.38. The maximum atomic E-state index is 11.8. The Kier molecular flexibility index (Phi) is 5.51. The summed E-state index contributed by atoms with van der Waals surface area (Å²) in [5.74, 6) is 0.958. The first-order valence-corrected chi connectivity index (χ1v) is 6.73. The number of rotatable bonds is 5. The fourth-order valence-electron chi connectivity index (χ4n) is 1.49. The lowest BCUT2D eigenvalue weighted by Gasteiger charge is -2.17. The van der Waals surface area contributed by atoms with Gasteiger partial charge < -0.3 is 0 Å². The van der Waals surface area contributed by atoms with Crippen molar-refractivity contribution >= 4 is 17.7 Å². The van der Waals surface area contributed by atoms with Gasteiger partial charge in [-0.05, 0) is 30.4 Å². The molecule has 3 nitrogen and oxygen atoms in total. The maximum Gasteiger partial charge on any atom is 0.241 e. The normalized spacial score (nSPS) is 12.5. The van der Waals surface area contributed by atoms with Crippen LogP contribution in [0.15, 0.2) is 29.2 Å². The second-order valence-electron chi connectivity index (χ2n) is 4.09. The molecule has 0 heterocycles. The van der Waals surface area contributed by atoms with Gasteiger partial charge in [0.1, 0.15) is 0 Å². The average molecular weight is 252 g/mol. The van der Waals surface area contributed by atoms with E-state index >= 15 is 0 Å². The molecular formula is C13H20N2OS. The van der Waals surface area contributed by atoms with Gasteiger partial charge in [-0.15, -0.1) is 11.8 Å². The van der Waals surface area contributed by atoms with Crippen LogP contribution in [0.5, 0.6) is 0 Å². The minimum atomic E-state index is -0.127. The number of benzene rings is 1. The van der Waals surface area contributed by atoms with Gasteiger partial charge in [0.25, 0.3) is 0 Å². The Hall–Kier alpha value is -1.00. The van der Waals surface area contributed by atoms with Gasteiger partial charge in [0.2, 0.25) is 5.91 Å². The van der Waals surface area contributed by atoms with E-state index in [-0.39, 0.29) is 11.8 Å². The van der Waals surface area contributed by atoms with E-state index in [0.717, 1.165) is 11.3 Å². The molecule has 1 amide bonds. The molecule has 0 radical (unpaired) electrons. The molecule has 0 aliphatic carbocycles. The largest absolute Gasteiger partial charge is 0.289 e. The SMILES string of the molecule is CCSc1ccc(C(C)C(=O)NN(C)C)cc1. The Morgan fingerprint density at radius 1 is 1.35 bits per heavy atom. The summed E-state index contributed by atoms with van der Waals surface area (Å²) >= 11 is 1.81. The van der Waals surface area contributed by atoms with Gasteiger partial charge in [-0.1, -0.05) is 19.1 Å². The Labute approximate surface area is 108 Å². The molecule has 0 aromatic heterocycles. The Morgan fingerprint density at radius 2 is 1.94 bits per heavy atom. The predicted octanol–water partition coefficient (Wildman–Crippen LogP) is 2.49. The molecule has 1 N–H and O–H groups in total. The Bertz CT molecular complexity index is 362. The van der Waals surface area contributed by atoms with Crippen LogP contribution in [0.1, 0.15) is 25.3 Å². The average Bonchev–Trinajstić information content (AvgIpc) is 2.28. The second kappa shape index (κ2) is 6.67. The third-order valence-corrected chi connectivity index (χ3v) is 3.31. The summed E-state index contributed by atoms with van der Waals surface area (Å²) in [7, 11) is 3.62. The van der Waals surface area contributed by atoms with Crippen LogP contribution in [0, 0.1) is 0 Å². The molecule has 0 saturated heterocycles. The Morgan fingerprint density at radius 3 is 2.41 bits per heavy atom. The molecule has 1 atom stereocenters. The van der Waals surface area contributed by atoms with Crippen LogP contribution in [0.25, 0.3) is 0 Å². The summed E-state index contributed by atoms with van der Waals surface area (Å²) < 4.78 is 0. The predicted molar refractivity (Wildman–Crippen MR) is 73.1 cm³/mol. The molecule has 1 unspecified atom stereocenters. The van der Waals surface area contributed by atoms with Gasteiger partial charge >= 0.3 is 0 Å². The fourth-order valence-corrected chi connectivity index (χ4v) is 2.15. The summed E-state index contributed by atoms with van der Waals surface area (Å²) in [5.41, 5.74) is 3.82. The first-order valence-electron chi connectivity index (χ1n) is 5.75. The molecule has 0 aliphatic heterocycles. The van der Waals surface area contributed by atoms with E-state index in [1.165, 1.54) is 4.90 Å². The van der Waals surface area contributed by atoms with Crippen LogP contribution in [-0.4, -0.2) is 30.8 Å². The van der Waals surface area contributed by atoms with Crippen LogP contribution in [0.4, 0.5) is 0 Å². The number of carbonyl (C=O) groups excluding carboxylic acids is 1. The van der Waals surface area contributed by atoms with E-state index in [9.17, 15) is 4.79 Å². The number of carbonyl (C=O) groups is 1. The lowest BCUT2D eigenvalue weighted by molar-refractivity contribution is -0.125. The van der Waals surface area contributed by atoms with Gasteiger partial charge in [0.05, 0.1) is 5.92 Å². The van der Waals surface area contributed by atoms with Crippen LogP contribution in [0.2, 0.25) is 0 Å². The maximum absolute atomic E-state index is 11.8. The summed E-state index contributed by atoms with van der Waals surface area (Å²) in [6.45, 7) is 4.05. The van der Waals surface area contributed by atoms with E-state index in [2.05, 4.69) is 24.5 Å². The zero-order valence-electron chi connectivity index (χ0n) is 10.9. The van der Waals surface area contributed by atoms with Crippen LogP contribution < -0.4 is 5.43 Å². The van der Waals surface area contributed by atoms with Crippen molar-refractivity contribution in [1.29, 1.82) is 0 Å². The molecular weight excluding hydrogens is 232 g/mol. The standard InChI is InChI=1S/C13H20N2OS/c1-5-17-12-8-6-11(7-9-12)10(2)13(16)14-15(3)4/h6-10H,5H2,1-4H3,(H,14,16). The first kappa shape index (κ1) is 14.1. The van der Waals surface area contributed by atoms with Crippen molar-refractivity contribution < 1.29 is 4.79 Å². The molecule has 94 valence electrons. The topological polar surface area (TPSA) is 32.3 Å². The number of hydrogen-bond acceptors (Lipinski definition) is 3. The third-order valence-electron chi connectivity index (χ3n) is 2.42. The quantitative estimate of drug-likeness (QED) is 0.645. The molecule has 1 rings (SSSR count). The molecule has 0 saturated carbocycles. The van der Waals surface area contributed by atoms with E-state index in [1.807, 2.05) is 33.2 Å². The van der Waals surface area contributed by atoms with Crippen LogP contribution in [-0.2, 0) is 4.79 Å². The zero-order chi connectivity index (χ0) is 12.8. The number of nitrogens with zero attached hydrogens (tertiary/aromatic N) is 1. The molecule has 1 aromatic carbocycles. The highest BCUT2D eigenvalue weighted by atomic mass is 32.2. The number of hydrazine groups is 1. The van der Waals surface area contributed by atoms with Crippen molar-refractivity contribution in [1.82, 2.24) is 10.4 Å². The highest BCUT2D eigenvalue weighted by molar-refractivity contribution is 7.99. The fraction of sp³-hybridized carbons (Fsp3) is 0.462. The summed E-state index contributed by atoms with van der Waals surface area (Å²) in [6, 6.07) is 8.20. The highest BCUT2D eigenvalue weighted by Gasteiger charge is 2.15. The monoisotopic (exact) mass is 252 g/mol. The minimum absolute atomic E-state index is 0.0193. The number of nitrogens with one attached hydrogen (secondary N) is 1. The van der Waals surface area contributed by atoms with Crippen molar-refractivity contribution in [2.24, 2.45) is 0 Å². The number of amides is 1. The van der Waals surface area contributed by atoms with Crippen molar-refractivity contribution in [3.8, 4) is 0 Å². The van der Waals surface area contributed by atoms with Gasteiger partial charge in [-0.3, -0.25) is 10.2 Å². The molecule has 0 fully saturated rings.